The fourth-order valence-corrected chi connectivity index (χ4v) is 11.4. The van der Waals surface area contributed by atoms with Gasteiger partial charge in [-0.2, -0.15) is 17.0 Å². The minimum absolute atomic E-state index is 0.0953. The van der Waals surface area contributed by atoms with Gasteiger partial charge >= 0.3 is 10.2 Å². The van der Waals surface area contributed by atoms with Crippen LogP contribution < -0.4 is 23.7 Å². The van der Waals surface area contributed by atoms with Gasteiger partial charge in [0.2, 0.25) is 24.9 Å². The summed E-state index contributed by atoms with van der Waals surface area (Å²) in [6.45, 7) is 0.848. The highest BCUT2D eigenvalue weighted by atomic mass is 32.2. The van der Waals surface area contributed by atoms with Crippen LogP contribution >= 0.6 is 0 Å². The Bertz CT molecular complexity index is 2690. The first-order valence-corrected chi connectivity index (χ1v) is 20.0. The molecule has 2 fully saturated rings. The van der Waals surface area contributed by atoms with Gasteiger partial charge in [-0.25, -0.2) is 8.93 Å². The molecule has 0 saturated carbocycles. The molecule has 2 aromatic heterocycles. The van der Waals surface area contributed by atoms with Crippen molar-refractivity contribution >= 4 is 49.2 Å². The number of ether oxygens (including phenoxy) is 4. The van der Waals surface area contributed by atoms with Crippen molar-refractivity contribution in [1.29, 1.82) is 0 Å². The van der Waals surface area contributed by atoms with E-state index in [4.69, 9.17) is 23.1 Å². The maximum atomic E-state index is 12.8. The number of H-pyrrole nitrogens is 2. The van der Waals surface area contributed by atoms with Crippen LogP contribution in [-0.4, -0.2) is 69.4 Å². The van der Waals surface area contributed by atoms with E-state index in [0.717, 1.165) is 56.9 Å². The summed E-state index contributed by atoms with van der Waals surface area (Å²) in [6, 6.07) is 25.9. The van der Waals surface area contributed by atoms with Crippen LogP contribution in [0.1, 0.15) is 45.7 Å². The lowest BCUT2D eigenvalue weighted by Crippen LogP contribution is -2.44. The van der Waals surface area contributed by atoms with E-state index in [2.05, 4.69) is 32.9 Å². The molecule has 0 radical (unpaired) electrons. The van der Waals surface area contributed by atoms with Gasteiger partial charge in [0.15, 0.2) is 23.0 Å². The number of benzene rings is 4. The summed E-state index contributed by atoms with van der Waals surface area (Å²) in [5.41, 5.74) is 7.86. The number of fused-ring (bicyclic) bond motifs is 10. The molecule has 0 bridgehead atoms. The average molecular weight is 766 g/mol. The third-order valence-corrected chi connectivity index (χ3v) is 13.7. The standard InChI is InChI=1S/C19H15N3O5S.C19H16N2O4S/c23-19-14-8-12-11-3-1-2-4-13(11)20-17(12)18(22(14)28(24,25)21-19)10-5-6-15-16(7-10)27-9-26-15;22-26-21-12(9-25-26)8-14-13-3-1-2-4-15(13)20-18(14)19(21)11-5-6-16-17(7-11)24-10-23-16/h1-7,14,18,20H,8-9H2,(H,21,23);1-7,12,19-20H,8-10H2/t14-,18-;/m1./s1. The molecule has 8 heterocycles. The molecule has 6 aliphatic heterocycles. The first-order chi connectivity index (χ1) is 26.3. The van der Waals surface area contributed by atoms with Crippen LogP contribution in [0.4, 0.5) is 0 Å². The quantitative estimate of drug-likeness (QED) is 0.232. The van der Waals surface area contributed by atoms with Gasteiger partial charge in [-0.05, 0) is 65.1 Å². The molecule has 12 rings (SSSR count). The van der Waals surface area contributed by atoms with E-state index < -0.39 is 39.5 Å². The second-order valence-electron chi connectivity index (χ2n) is 13.9. The Morgan fingerprint density at radius 2 is 1.24 bits per heavy atom. The Balaban J connectivity index is 0.000000127. The number of hydrogen-bond donors (Lipinski definition) is 3. The van der Waals surface area contributed by atoms with Crippen LogP contribution in [0.3, 0.4) is 0 Å². The number of nitrogens with zero attached hydrogens (tertiary/aromatic N) is 2. The average Bonchev–Trinajstić information content (AvgIpc) is 4.04. The molecule has 6 aromatic rings. The van der Waals surface area contributed by atoms with Gasteiger partial charge in [-0.3, -0.25) is 8.98 Å². The summed E-state index contributed by atoms with van der Waals surface area (Å²) in [4.78, 5) is 19.4. The van der Waals surface area contributed by atoms with Gasteiger partial charge in [0, 0.05) is 39.6 Å². The van der Waals surface area contributed by atoms with E-state index in [9.17, 15) is 17.4 Å². The Labute approximate surface area is 310 Å². The third-order valence-electron chi connectivity index (χ3n) is 11.0. The fourth-order valence-electron chi connectivity index (χ4n) is 8.70. The number of carbonyl (C=O) groups excluding carboxylic acids is 1. The van der Waals surface area contributed by atoms with E-state index in [1.54, 1.807) is 12.1 Å². The highest BCUT2D eigenvalue weighted by Crippen LogP contribution is 2.47. The molecule has 0 aliphatic carbocycles. The molecule has 1 amide bonds. The lowest BCUT2D eigenvalue weighted by atomic mass is 9.90. The largest absolute Gasteiger partial charge is 0.454 e. The summed E-state index contributed by atoms with van der Waals surface area (Å²) in [5.74, 6) is 2.16. The molecule has 0 spiro atoms. The number of para-hydroxylation sites is 2. The maximum Gasteiger partial charge on any atom is 0.305 e. The zero-order valence-electron chi connectivity index (χ0n) is 28.3. The van der Waals surface area contributed by atoms with Crippen molar-refractivity contribution in [1.82, 2.24) is 23.3 Å². The second-order valence-corrected chi connectivity index (χ2v) is 16.6. The van der Waals surface area contributed by atoms with E-state index >= 15 is 0 Å². The van der Waals surface area contributed by atoms with Crippen LogP contribution in [0.2, 0.25) is 0 Å². The molecule has 5 atom stereocenters. The van der Waals surface area contributed by atoms with E-state index in [1.165, 1.54) is 15.3 Å². The van der Waals surface area contributed by atoms with Gasteiger partial charge in [0.1, 0.15) is 6.04 Å². The van der Waals surface area contributed by atoms with E-state index in [-0.39, 0.29) is 25.7 Å². The van der Waals surface area contributed by atoms with Crippen molar-refractivity contribution in [2.75, 3.05) is 20.2 Å². The van der Waals surface area contributed by atoms with Crippen molar-refractivity contribution in [2.45, 2.75) is 37.0 Å². The van der Waals surface area contributed by atoms with Crippen LogP contribution in [0.25, 0.3) is 21.8 Å². The van der Waals surface area contributed by atoms with Crippen LogP contribution in [0.15, 0.2) is 84.9 Å². The van der Waals surface area contributed by atoms with Crippen molar-refractivity contribution in [3.05, 3.63) is 119 Å². The highest BCUT2D eigenvalue weighted by Gasteiger charge is 2.53. The number of carbonyl (C=O) groups is 1. The molecule has 2 saturated heterocycles. The zero-order valence-corrected chi connectivity index (χ0v) is 29.9. The highest BCUT2D eigenvalue weighted by molar-refractivity contribution is 7.88. The molecule has 16 heteroatoms. The van der Waals surface area contributed by atoms with Crippen LogP contribution in [0, 0.1) is 0 Å². The predicted molar refractivity (Wildman–Crippen MR) is 195 cm³/mol. The maximum absolute atomic E-state index is 12.8. The van der Waals surface area contributed by atoms with Crippen molar-refractivity contribution in [2.24, 2.45) is 0 Å². The summed E-state index contributed by atoms with van der Waals surface area (Å²) in [5, 5.41) is 2.23. The van der Waals surface area contributed by atoms with Crippen molar-refractivity contribution in [3.63, 3.8) is 0 Å². The minimum atomic E-state index is -3.95. The Morgan fingerprint density at radius 3 is 1.89 bits per heavy atom. The molecule has 4 aromatic carbocycles. The number of rotatable bonds is 2. The van der Waals surface area contributed by atoms with Gasteiger partial charge in [0.05, 0.1) is 24.7 Å². The molecule has 6 aliphatic rings. The normalized spacial score (nSPS) is 25.8. The summed E-state index contributed by atoms with van der Waals surface area (Å²) in [7, 11) is -3.95. The van der Waals surface area contributed by atoms with Crippen molar-refractivity contribution < 1.29 is 40.6 Å². The van der Waals surface area contributed by atoms with Crippen LogP contribution in [0.5, 0.6) is 23.0 Å². The number of nitrogens with one attached hydrogen (secondary N) is 3. The molecule has 3 unspecified atom stereocenters. The monoisotopic (exact) mass is 765 g/mol. The Morgan fingerprint density at radius 1 is 0.685 bits per heavy atom. The summed E-state index contributed by atoms with van der Waals surface area (Å²) < 4.78 is 70.9. The predicted octanol–water partition coefficient (Wildman–Crippen LogP) is 4.41. The zero-order chi connectivity index (χ0) is 36.3. The first kappa shape index (κ1) is 32.1. The third kappa shape index (κ3) is 4.77. The molecule has 54 heavy (non-hydrogen) atoms. The van der Waals surface area contributed by atoms with Gasteiger partial charge in [-0.15, -0.1) is 0 Å². The van der Waals surface area contributed by atoms with Gasteiger partial charge in [0.25, 0.3) is 5.91 Å². The summed E-state index contributed by atoms with van der Waals surface area (Å²) >= 11 is -1.46. The minimum Gasteiger partial charge on any atom is -0.454 e. The number of aromatic amines is 2. The summed E-state index contributed by atoms with van der Waals surface area (Å²) in [6.07, 6.45) is 1.15. The lowest BCUT2D eigenvalue weighted by molar-refractivity contribution is -0.121. The fraction of sp³-hybridized carbons (Fsp3) is 0.237. The van der Waals surface area contributed by atoms with Crippen molar-refractivity contribution in [3.8, 4) is 23.0 Å². The molecular formula is C38H31N5O9S2. The van der Waals surface area contributed by atoms with Gasteiger partial charge in [-0.1, -0.05) is 48.5 Å². The van der Waals surface area contributed by atoms with E-state index in [1.807, 2.05) is 58.9 Å². The topological polar surface area (TPSA) is 165 Å². The first-order valence-electron chi connectivity index (χ1n) is 17.5. The second kappa shape index (κ2) is 11.8. The Hall–Kier alpha value is -5.39. The number of hydrogen-bond acceptors (Lipinski definition) is 9. The number of aromatic nitrogens is 2. The van der Waals surface area contributed by atoms with Crippen LogP contribution in [-0.2, 0) is 43.3 Å². The molecule has 3 N–H and O–H groups in total. The Kier molecular flexibility index (Phi) is 7.01. The number of amides is 1. The molecule has 274 valence electrons. The SMILES string of the molecule is O=C1NS(=O)(=O)N2[C@H](c3ccc4c(c3)OCO4)c3[nH]c4ccccc4c3C[C@H]12.O=S1OCC2Cc3c([nH]c4ccccc34)C(c3ccc4c(c3)OCO4)N21. The molecule has 14 nitrogen and oxygen atoms in total. The van der Waals surface area contributed by atoms with E-state index in [0.29, 0.717) is 30.1 Å². The molecular weight excluding hydrogens is 735 g/mol. The lowest BCUT2D eigenvalue weighted by Gasteiger charge is -2.34. The van der Waals surface area contributed by atoms with Gasteiger partial charge < -0.3 is 28.9 Å². The smallest absolute Gasteiger partial charge is 0.305 e.